The first-order chi connectivity index (χ1) is 8.70. The smallest absolute Gasteiger partial charge is 0.120 e. The Kier molecular flexibility index (Phi) is 2.38. The summed E-state index contributed by atoms with van der Waals surface area (Å²) in [5.74, 6) is 6.75. The predicted octanol–water partition coefficient (Wildman–Crippen LogP) is 3.84. The number of furan rings is 1. The Balaban J connectivity index is 1.64. The molecule has 5 rings (SSSR count). The molecule has 1 heterocycles. The lowest BCUT2D eigenvalue weighted by atomic mass is 9.51. The zero-order valence-corrected chi connectivity index (χ0v) is 11.1. The molecular weight excluding hydrogens is 222 g/mol. The minimum Gasteiger partial charge on any atom is -0.464 e. The molecule has 2 nitrogen and oxygen atoms in total. The lowest BCUT2D eigenvalue weighted by Gasteiger charge is -2.53. The quantitative estimate of drug-likeness (QED) is 0.859. The van der Waals surface area contributed by atoms with Gasteiger partial charge in [-0.25, -0.2) is 0 Å². The van der Waals surface area contributed by atoms with Gasteiger partial charge >= 0.3 is 0 Å². The molecule has 0 spiro atoms. The van der Waals surface area contributed by atoms with Crippen LogP contribution in [0.4, 0.5) is 0 Å². The number of nitrogens with two attached hydrogens (primary N) is 1. The zero-order chi connectivity index (χ0) is 12.3. The first-order valence-corrected chi connectivity index (χ1v) is 7.56. The normalized spacial score (nSPS) is 43.3. The summed E-state index contributed by atoms with van der Waals surface area (Å²) in [6.07, 6.45) is 7.32. The van der Waals surface area contributed by atoms with Gasteiger partial charge in [0.25, 0.3) is 0 Å². The van der Waals surface area contributed by atoms with Crippen LogP contribution >= 0.6 is 0 Å². The summed E-state index contributed by atoms with van der Waals surface area (Å²) in [7, 11) is 0. The van der Waals surface area contributed by atoms with E-state index in [1.165, 1.54) is 37.9 Å². The molecule has 18 heavy (non-hydrogen) atoms. The fraction of sp³-hybridized carbons (Fsp3) is 0.750. The maximum absolute atomic E-state index is 6.05. The summed E-state index contributed by atoms with van der Waals surface area (Å²) >= 11 is 0. The maximum Gasteiger partial charge on any atom is 0.120 e. The van der Waals surface area contributed by atoms with E-state index in [0.29, 0.717) is 5.92 Å². The van der Waals surface area contributed by atoms with Gasteiger partial charge in [0.15, 0.2) is 0 Å². The van der Waals surface area contributed by atoms with Gasteiger partial charge in [-0.2, -0.15) is 0 Å². The third-order valence-electron chi connectivity index (χ3n) is 5.65. The molecule has 2 N–H and O–H groups in total. The van der Waals surface area contributed by atoms with Crippen LogP contribution in [0.1, 0.15) is 62.5 Å². The fourth-order valence-corrected chi connectivity index (χ4v) is 5.18. The van der Waals surface area contributed by atoms with Crippen molar-refractivity contribution in [1.29, 1.82) is 0 Å². The lowest BCUT2D eigenvalue weighted by Crippen LogP contribution is -2.43. The highest BCUT2D eigenvalue weighted by molar-refractivity contribution is 5.18. The molecule has 1 atom stereocenters. The van der Waals surface area contributed by atoms with E-state index in [4.69, 9.17) is 10.2 Å². The van der Waals surface area contributed by atoms with Crippen LogP contribution in [0.2, 0.25) is 0 Å². The van der Waals surface area contributed by atoms with Crippen LogP contribution < -0.4 is 5.73 Å². The van der Waals surface area contributed by atoms with Crippen molar-refractivity contribution in [3.05, 3.63) is 23.7 Å². The third kappa shape index (κ3) is 1.58. The predicted molar refractivity (Wildman–Crippen MR) is 71.1 cm³/mol. The first kappa shape index (κ1) is 11.1. The monoisotopic (exact) mass is 245 g/mol. The molecule has 0 amide bonds. The van der Waals surface area contributed by atoms with Gasteiger partial charge in [0.1, 0.15) is 11.5 Å². The molecule has 4 fully saturated rings. The minimum absolute atomic E-state index is 0.0237. The van der Waals surface area contributed by atoms with Crippen molar-refractivity contribution in [2.75, 3.05) is 0 Å². The van der Waals surface area contributed by atoms with E-state index in [9.17, 15) is 0 Å². The third-order valence-corrected chi connectivity index (χ3v) is 5.65. The second-order valence-electron chi connectivity index (χ2n) is 6.99. The molecule has 4 aliphatic rings. The molecule has 4 aliphatic carbocycles. The maximum atomic E-state index is 6.05. The van der Waals surface area contributed by atoms with Gasteiger partial charge < -0.3 is 10.2 Å². The van der Waals surface area contributed by atoms with Gasteiger partial charge in [-0.1, -0.05) is 0 Å². The summed E-state index contributed by atoms with van der Waals surface area (Å²) in [6, 6.07) is 4.31. The average molecular weight is 245 g/mol. The highest BCUT2D eigenvalue weighted by Crippen LogP contribution is 2.59. The van der Waals surface area contributed by atoms with E-state index < -0.39 is 0 Å². The molecule has 0 radical (unpaired) electrons. The van der Waals surface area contributed by atoms with Crippen LogP contribution in [0, 0.1) is 23.7 Å². The van der Waals surface area contributed by atoms with Crippen LogP contribution in [0.5, 0.6) is 0 Å². The Bertz CT molecular complexity index is 420. The standard InChI is InChI=1S/C16H23NO/c1-9(17)14-2-3-15(18-14)16-12-5-10-4-11(7-12)8-13(16)6-10/h2-3,9-13,16H,4-8,17H2,1H3. The van der Waals surface area contributed by atoms with E-state index in [1.54, 1.807) is 0 Å². The summed E-state index contributed by atoms with van der Waals surface area (Å²) in [6.45, 7) is 2.00. The summed E-state index contributed by atoms with van der Waals surface area (Å²) in [5, 5.41) is 0. The molecule has 0 aliphatic heterocycles. The molecule has 2 heteroatoms. The van der Waals surface area contributed by atoms with Gasteiger partial charge in [0.05, 0.1) is 6.04 Å². The highest BCUT2D eigenvalue weighted by Gasteiger charge is 2.49. The fourth-order valence-electron chi connectivity index (χ4n) is 5.18. The Morgan fingerprint density at radius 3 is 2.17 bits per heavy atom. The van der Waals surface area contributed by atoms with Crippen LogP contribution in [-0.4, -0.2) is 0 Å². The van der Waals surface area contributed by atoms with Gasteiger partial charge in [-0.15, -0.1) is 0 Å². The van der Waals surface area contributed by atoms with Crippen LogP contribution in [-0.2, 0) is 0 Å². The van der Waals surface area contributed by atoms with Crippen molar-refractivity contribution in [3.63, 3.8) is 0 Å². The molecule has 1 aromatic heterocycles. The van der Waals surface area contributed by atoms with Gasteiger partial charge in [-0.3, -0.25) is 0 Å². The van der Waals surface area contributed by atoms with E-state index in [1.807, 2.05) is 6.92 Å². The van der Waals surface area contributed by atoms with Gasteiger partial charge in [0, 0.05) is 5.92 Å². The van der Waals surface area contributed by atoms with E-state index >= 15 is 0 Å². The topological polar surface area (TPSA) is 39.2 Å². The molecular formula is C16H23NO. The highest BCUT2D eigenvalue weighted by atomic mass is 16.3. The number of hydrogen-bond donors (Lipinski definition) is 1. The van der Waals surface area contributed by atoms with Crippen molar-refractivity contribution in [2.24, 2.45) is 29.4 Å². The van der Waals surface area contributed by atoms with E-state index in [-0.39, 0.29) is 6.04 Å². The summed E-state index contributed by atoms with van der Waals surface area (Å²) in [4.78, 5) is 0. The zero-order valence-electron chi connectivity index (χ0n) is 11.1. The number of rotatable bonds is 2. The van der Waals surface area contributed by atoms with Crippen LogP contribution in [0.3, 0.4) is 0 Å². The van der Waals surface area contributed by atoms with Crippen LogP contribution in [0.25, 0.3) is 0 Å². The Morgan fingerprint density at radius 1 is 1.06 bits per heavy atom. The van der Waals surface area contributed by atoms with Gasteiger partial charge in [-0.05, 0) is 74.8 Å². The molecule has 0 aromatic carbocycles. The minimum atomic E-state index is 0.0237. The summed E-state index contributed by atoms with van der Waals surface area (Å²) in [5.41, 5.74) is 5.91. The Morgan fingerprint density at radius 2 is 1.67 bits per heavy atom. The molecule has 1 aromatic rings. The largest absolute Gasteiger partial charge is 0.464 e. The van der Waals surface area contributed by atoms with Crippen molar-refractivity contribution >= 4 is 0 Å². The van der Waals surface area contributed by atoms with Crippen molar-refractivity contribution in [1.82, 2.24) is 0 Å². The lowest BCUT2D eigenvalue weighted by molar-refractivity contribution is -0.01000. The molecule has 1 unspecified atom stereocenters. The van der Waals surface area contributed by atoms with Gasteiger partial charge in [0.2, 0.25) is 0 Å². The van der Waals surface area contributed by atoms with Crippen LogP contribution in [0.15, 0.2) is 16.5 Å². The second-order valence-corrected chi connectivity index (χ2v) is 6.99. The van der Waals surface area contributed by atoms with E-state index in [2.05, 4.69) is 12.1 Å². The van der Waals surface area contributed by atoms with Crippen molar-refractivity contribution < 1.29 is 4.42 Å². The van der Waals surface area contributed by atoms with Crippen molar-refractivity contribution in [2.45, 2.75) is 51.0 Å². The number of hydrogen-bond acceptors (Lipinski definition) is 2. The Labute approximate surface area is 109 Å². The molecule has 0 saturated heterocycles. The van der Waals surface area contributed by atoms with E-state index in [0.717, 1.165) is 29.4 Å². The second kappa shape index (κ2) is 3.86. The Hall–Kier alpha value is -0.760. The molecule has 4 saturated carbocycles. The average Bonchev–Trinajstić information content (AvgIpc) is 2.77. The SMILES string of the molecule is CC(N)c1ccc(C2C3CC4CC(C3)CC2C4)o1. The molecule has 98 valence electrons. The summed E-state index contributed by atoms with van der Waals surface area (Å²) < 4.78 is 6.05. The molecule has 4 bridgehead atoms. The first-order valence-electron chi connectivity index (χ1n) is 7.56. The van der Waals surface area contributed by atoms with Crippen molar-refractivity contribution in [3.8, 4) is 0 Å².